The molecule has 0 saturated heterocycles. The Morgan fingerprint density at radius 2 is 2.13 bits per heavy atom. The van der Waals surface area contributed by atoms with E-state index in [1.165, 1.54) is 25.0 Å². The van der Waals surface area contributed by atoms with Crippen LogP contribution in [0.25, 0.3) is 0 Å². The quantitative estimate of drug-likeness (QED) is 0.880. The van der Waals surface area contributed by atoms with Gasteiger partial charge in [-0.05, 0) is 23.4 Å². The Morgan fingerprint density at radius 3 is 2.70 bits per heavy atom. The van der Waals surface area contributed by atoms with Crippen molar-refractivity contribution in [1.82, 2.24) is 25.5 Å². The number of ether oxygens (including phenoxy) is 2. The number of benzene rings is 1. The lowest BCUT2D eigenvalue weighted by molar-refractivity contribution is -0.274. The minimum absolute atomic E-state index is 0.102. The summed E-state index contributed by atoms with van der Waals surface area (Å²) in [6.45, 7) is -0.102. The van der Waals surface area contributed by atoms with E-state index in [1.807, 2.05) is 0 Å². The Labute approximate surface area is 128 Å². The highest BCUT2D eigenvalue weighted by atomic mass is 19.4. The topological polar surface area (TPSA) is 91.2 Å². The number of alkyl halides is 3. The molecule has 23 heavy (non-hydrogen) atoms. The smallest absolute Gasteiger partial charge is 0.497 e. The van der Waals surface area contributed by atoms with E-state index in [2.05, 4.69) is 25.5 Å². The molecule has 0 aliphatic carbocycles. The Morgan fingerprint density at radius 1 is 1.39 bits per heavy atom. The van der Waals surface area contributed by atoms with E-state index in [9.17, 15) is 18.0 Å². The molecule has 124 valence electrons. The number of tetrazole rings is 1. The van der Waals surface area contributed by atoms with Crippen LogP contribution in [0.5, 0.6) is 11.5 Å². The van der Waals surface area contributed by atoms with Gasteiger partial charge in [-0.25, -0.2) is 0 Å². The van der Waals surface area contributed by atoms with Crippen LogP contribution in [0.15, 0.2) is 18.2 Å². The van der Waals surface area contributed by atoms with Crippen molar-refractivity contribution in [2.24, 2.45) is 7.05 Å². The van der Waals surface area contributed by atoms with Gasteiger partial charge in [0.1, 0.15) is 11.5 Å². The maximum atomic E-state index is 12.4. The molecule has 1 aromatic carbocycles. The minimum atomic E-state index is -4.92. The lowest BCUT2D eigenvalue weighted by Gasteiger charge is -2.14. The Balaban J connectivity index is 2.19. The second-order valence-electron chi connectivity index (χ2n) is 4.29. The molecule has 0 aliphatic heterocycles. The second-order valence-corrected chi connectivity index (χ2v) is 4.29. The van der Waals surface area contributed by atoms with Gasteiger partial charge in [-0.15, -0.1) is 23.4 Å². The normalized spacial score (nSPS) is 11.2. The first-order valence-corrected chi connectivity index (χ1v) is 6.23. The number of aryl methyl sites for hydroxylation is 1. The molecule has 0 atom stereocenters. The summed E-state index contributed by atoms with van der Waals surface area (Å²) in [5.41, 5.74) is -0.328. The third-order valence-electron chi connectivity index (χ3n) is 2.61. The second kappa shape index (κ2) is 6.50. The summed E-state index contributed by atoms with van der Waals surface area (Å²) in [6, 6.07) is 3.39. The molecule has 1 N–H and O–H groups in total. The Bertz CT molecular complexity index is 701. The highest BCUT2D eigenvalue weighted by Crippen LogP contribution is 2.29. The van der Waals surface area contributed by atoms with E-state index in [0.29, 0.717) is 0 Å². The van der Waals surface area contributed by atoms with E-state index in [1.54, 1.807) is 0 Å². The Hall–Kier alpha value is -2.85. The van der Waals surface area contributed by atoms with Crippen molar-refractivity contribution in [3.63, 3.8) is 0 Å². The number of hydrogen-bond acceptors (Lipinski definition) is 6. The average Bonchev–Trinajstić information content (AvgIpc) is 2.89. The lowest BCUT2D eigenvalue weighted by atomic mass is 10.1. The molecule has 0 fully saturated rings. The molecule has 0 bridgehead atoms. The van der Waals surface area contributed by atoms with Gasteiger partial charge in [-0.3, -0.25) is 4.79 Å². The summed E-state index contributed by atoms with van der Waals surface area (Å²) >= 11 is 0. The summed E-state index contributed by atoms with van der Waals surface area (Å²) in [5.74, 6) is -1.01. The zero-order valence-electron chi connectivity index (χ0n) is 12.1. The summed E-state index contributed by atoms with van der Waals surface area (Å²) < 4.78 is 46.0. The summed E-state index contributed by atoms with van der Waals surface area (Å²) in [6.07, 6.45) is -4.92. The molecule has 0 aliphatic rings. The van der Waals surface area contributed by atoms with Crippen LogP contribution in [-0.2, 0) is 13.6 Å². The average molecular weight is 331 g/mol. The standard InChI is InChI=1S/C12H12F3N5O3/c1-20-18-10(17-19-20)6-16-11(21)8-5-7(22-2)3-4-9(8)23-12(13,14)15/h3-5H,6H2,1-2H3,(H,16,21). The predicted molar refractivity (Wildman–Crippen MR) is 69.6 cm³/mol. The fourth-order valence-corrected chi connectivity index (χ4v) is 1.68. The van der Waals surface area contributed by atoms with Crippen molar-refractivity contribution >= 4 is 5.91 Å². The highest BCUT2D eigenvalue weighted by molar-refractivity contribution is 5.97. The van der Waals surface area contributed by atoms with Crippen LogP contribution in [0.3, 0.4) is 0 Å². The molecule has 1 amide bonds. The van der Waals surface area contributed by atoms with Crippen LogP contribution in [0.1, 0.15) is 16.2 Å². The minimum Gasteiger partial charge on any atom is -0.497 e. The van der Waals surface area contributed by atoms with Crippen LogP contribution in [0, 0.1) is 0 Å². The Kier molecular flexibility index (Phi) is 4.67. The van der Waals surface area contributed by atoms with Gasteiger partial charge in [0, 0.05) is 0 Å². The van der Waals surface area contributed by atoms with E-state index in [-0.39, 0.29) is 23.7 Å². The zero-order chi connectivity index (χ0) is 17.0. The first-order chi connectivity index (χ1) is 10.8. The molecule has 0 spiro atoms. The van der Waals surface area contributed by atoms with Gasteiger partial charge in [0.05, 0.1) is 26.3 Å². The molecular weight excluding hydrogens is 319 g/mol. The molecule has 2 rings (SSSR count). The number of carbonyl (C=O) groups excluding carboxylic acids is 1. The van der Waals surface area contributed by atoms with Gasteiger partial charge in [-0.2, -0.15) is 4.80 Å². The third kappa shape index (κ3) is 4.56. The summed E-state index contributed by atoms with van der Waals surface area (Å²) in [7, 11) is 2.86. The van der Waals surface area contributed by atoms with E-state index in [0.717, 1.165) is 12.1 Å². The molecule has 8 nitrogen and oxygen atoms in total. The number of halogens is 3. The molecule has 0 radical (unpaired) electrons. The van der Waals surface area contributed by atoms with Crippen LogP contribution in [0.4, 0.5) is 13.2 Å². The monoisotopic (exact) mass is 331 g/mol. The van der Waals surface area contributed by atoms with Crippen molar-refractivity contribution in [1.29, 1.82) is 0 Å². The zero-order valence-corrected chi connectivity index (χ0v) is 12.1. The lowest BCUT2D eigenvalue weighted by Crippen LogP contribution is -2.26. The van der Waals surface area contributed by atoms with Crippen molar-refractivity contribution in [3.8, 4) is 11.5 Å². The van der Waals surface area contributed by atoms with Gasteiger partial charge in [0.15, 0.2) is 5.82 Å². The number of carbonyl (C=O) groups is 1. The molecule has 2 aromatic rings. The first kappa shape index (κ1) is 16.5. The predicted octanol–water partition coefficient (Wildman–Crippen LogP) is 1.05. The third-order valence-corrected chi connectivity index (χ3v) is 2.61. The fraction of sp³-hybridized carbons (Fsp3) is 0.333. The van der Waals surface area contributed by atoms with Crippen molar-refractivity contribution < 1.29 is 27.4 Å². The van der Waals surface area contributed by atoms with Gasteiger partial charge in [0.2, 0.25) is 0 Å². The molecule has 1 heterocycles. The maximum absolute atomic E-state index is 12.4. The van der Waals surface area contributed by atoms with Crippen molar-refractivity contribution in [3.05, 3.63) is 29.6 Å². The fourth-order valence-electron chi connectivity index (χ4n) is 1.68. The number of nitrogens with one attached hydrogen (secondary N) is 1. The van der Waals surface area contributed by atoms with Crippen LogP contribution >= 0.6 is 0 Å². The van der Waals surface area contributed by atoms with Gasteiger partial charge < -0.3 is 14.8 Å². The highest BCUT2D eigenvalue weighted by Gasteiger charge is 2.33. The SMILES string of the molecule is COc1ccc(OC(F)(F)F)c(C(=O)NCc2nnn(C)n2)c1. The molecular formula is C12H12F3N5O3. The molecule has 0 saturated carbocycles. The van der Waals surface area contributed by atoms with Crippen LogP contribution in [0.2, 0.25) is 0 Å². The summed E-state index contributed by atoms with van der Waals surface area (Å²) in [4.78, 5) is 13.3. The number of amides is 1. The molecule has 0 unspecified atom stereocenters. The van der Waals surface area contributed by atoms with Crippen LogP contribution in [-0.4, -0.2) is 39.6 Å². The van der Waals surface area contributed by atoms with E-state index in [4.69, 9.17) is 4.74 Å². The molecule has 1 aromatic heterocycles. The first-order valence-electron chi connectivity index (χ1n) is 6.23. The summed E-state index contributed by atoms with van der Waals surface area (Å²) in [5, 5.41) is 13.4. The maximum Gasteiger partial charge on any atom is 0.573 e. The van der Waals surface area contributed by atoms with E-state index < -0.39 is 18.0 Å². The molecule has 11 heteroatoms. The van der Waals surface area contributed by atoms with Gasteiger partial charge in [-0.1, -0.05) is 0 Å². The number of nitrogens with zero attached hydrogens (tertiary/aromatic N) is 4. The van der Waals surface area contributed by atoms with Crippen molar-refractivity contribution in [2.45, 2.75) is 12.9 Å². The van der Waals surface area contributed by atoms with Crippen LogP contribution < -0.4 is 14.8 Å². The van der Waals surface area contributed by atoms with Gasteiger partial charge >= 0.3 is 6.36 Å². The number of rotatable bonds is 5. The number of aromatic nitrogens is 4. The number of methoxy groups -OCH3 is 1. The van der Waals surface area contributed by atoms with E-state index >= 15 is 0 Å². The van der Waals surface area contributed by atoms with Crippen molar-refractivity contribution in [2.75, 3.05) is 7.11 Å². The largest absolute Gasteiger partial charge is 0.573 e. The van der Waals surface area contributed by atoms with Gasteiger partial charge in [0.25, 0.3) is 5.91 Å². The number of hydrogen-bond donors (Lipinski definition) is 1.